The molecule has 0 aromatic heterocycles. The highest BCUT2D eigenvalue weighted by atomic mass is 28.4. The van der Waals surface area contributed by atoms with Gasteiger partial charge < -0.3 is 13.6 Å². The molecule has 0 saturated heterocycles. The third kappa shape index (κ3) is 3.06. The molecule has 0 fully saturated rings. The lowest BCUT2D eigenvalue weighted by molar-refractivity contribution is 0.150. The van der Waals surface area contributed by atoms with Gasteiger partial charge in [-0.05, 0) is 11.6 Å². The Hall–Kier alpha value is -0.823. The molecule has 1 N–H and O–H groups in total. The molecule has 0 amide bonds. The topological polar surface area (TPSA) is 38.7 Å². The first-order chi connectivity index (χ1) is 7.00. The first kappa shape index (κ1) is 12.2. The second kappa shape index (κ2) is 4.80. The first-order valence-corrected chi connectivity index (χ1v) is 6.24. The van der Waals surface area contributed by atoms with Crippen molar-refractivity contribution in [1.82, 2.24) is 0 Å². The molecule has 0 spiro atoms. The van der Waals surface area contributed by atoms with E-state index in [0.29, 0.717) is 0 Å². The van der Waals surface area contributed by atoms with E-state index in [9.17, 15) is 13.6 Å². The minimum Gasteiger partial charge on any atom is -0.390 e. The average Bonchev–Trinajstić information content (AvgIpc) is 2.22. The Labute approximate surface area is 87.6 Å². The van der Waals surface area contributed by atoms with Crippen LogP contribution < -0.4 is 0 Å². The first-order valence-electron chi connectivity index (χ1n) is 4.27. The summed E-state index contributed by atoms with van der Waals surface area (Å²) < 4.78 is 35.4. The molecule has 0 aliphatic heterocycles. The lowest BCUT2D eigenvalue weighted by Crippen LogP contribution is -2.43. The molecule has 0 atom stereocenters. The maximum atomic E-state index is 13.2. The van der Waals surface area contributed by atoms with Crippen LogP contribution in [0.25, 0.3) is 0 Å². The number of hydrogen-bond acceptors (Lipinski definition) is 3. The Balaban J connectivity index is 2.89. The molecule has 1 aromatic carbocycles. The highest BCUT2D eigenvalue weighted by Crippen LogP contribution is 2.15. The van der Waals surface area contributed by atoms with Crippen molar-refractivity contribution in [2.45, 2.75) is 6.04 Å². The lowest BCUT2D eigenvalue weighted by Gasteiger charge is -2.19. The highest BCUT2D eigenvalue weighted by molar-refractivity contribution is 6.58. The molecule has 1 rings (SSSR count). The zero-order chi connectivity index (χ0) is 11.5. The van der Waals surface area contributed by atoms with Crippen LogP contribution in [0.5, 0.6) is 0 Å². The normalized spacial score (nSPS) is 11.8. The summed E-state index contributed by atoms with van der Waals surface area (Å²) in [5.74, 6) is -1.37. The third-order valence-corrected chi connectivity index (χ3v) is 4.17. The molecule has 0 unspecified atom stereocenters. The fraction of sp³-hybridized carbons (Fsp3) is 0.333. The highest BCUT2D eigenvalue weighted by Gasteiger charge is 2.35. The van der Waals surface area contributed by atoms with E-state index in [1.54, 1.807) is 0 Å². The van der Waals surface area contributed by atoms with Crippen molar-refractivity contribution in [1.29, 1.82) is 0 Å². The predicted molar refractivity (Wildman–Crippen MR) is 52.1 cm³/mol. The summed E-state index contributed by atoms with van der Waals surface area (Å²) in [6.45, 7) is 0. The standard InChI is InChI=1S/C9H12F2O3Si/c1-13-15(12,14-2)6-7-3-4-8(10)5-9(7)11/h3-5,12H,6H2,1-2H3. The molecule has 0 bridgehead atoms. The summed E-state index contributed by atoms with van der Waals surface area (Å²) in [7, 11) is -0.772. The van der Waals surface area contributed by atoms with Crippen molar-refractivity contribution in [3.63, 3.8) is 0 Å². The van der Waals surface area contributed by atoms with Gasteiger partial charge in [-0.3, -0.25) is 0 Å². The summed E-state index contributed by atoms with van der Waals surface area (Å²) in [6, 6.07) is 3.07. The zero-order valence-corrected chi connectivity index (χ0v) is 9.46. The maximum absolute atomic E-state index is 13.2. The van der Waals surface area contributed by atoms with E-state index in [1.165, 1.54) is 20.3 Å². The van der Waals surface area contributed by atoms with Crippen molar-refractivity contribution in [2.24, 2.45) is 0 Å². The van der Waals surface area contributed by atoms with E-state index < -0.39 is 20.4 Å². The molecule has 3 nitrogen and oxygen atoms in total. The minimum atomic E-state index is -3.35. The summed E-state index contributed by atoms with van der Waals surface area (Å²) >= 11 is 0. The zero-order valence-electron chi connectivity index (χ0n) is 8.46. The molecule has 84 valence electrons. The molecule has 1 aromatic rings. The van der Waals surface area contributed by atoms with E-state index in [4.69, 9.17) is 8.85 Å². The smallest absolute Gasteiger partial charge is 0.390 e. The van der Waals surface area contributed by atoms with E-state index in [1.807, 2.05) is 0 Å². The Morgan fingerprint density at radius 2 is 1.87 bits per heavy atom. The predicted octanol–water partition coefficient (Wildman–Crippen LogP) is 1.27. The summed E-state index contributed by atoms with van der Waals surface area (Å²) in [6.07, 6.45) is 0. The van der Waals surface area contributed by atoms with Gasteiger partial charge >= 0.3 is 8.80 Å². The van der Waals surface area contributed by atoms with Crippen molar-refractivity contribution in [3.8, 4) is 0 Å². The van der Waals surface area contributed by atoms with Gasteiger partial charge in [0, 0.05) is 26.3 Å². The Morgan fingerprint density at radius 1 is 1.27 bits per heavy atom. The quantitative estimate of drug-likeness (QED) is 0.797. The van der Waals surface area contributed by atoms with Crippen LogP contribution in [-0.4, -0.2) is 27.8 Å². The summed E-state index contributed by atoms with van der Waals surface area (Å²) in [4.78, 5) is 9.71. The molecule has 0 radical (unpaired) electrons. The van der Waals surface area contributed by atoms with Crippen LogP contribution in [0, 0.1) is 11.6 Å². The van der Waals surface area contributed by atoms with Gasteiger partial charge in [0.2, 0.25) is 0 Å². The van der Waals surface area contributed by atoms with Gasteiger partial charge in [0.1, 0.15) is 11.6 Å². The summed E-state index contributed by atoms with van der Waals surface area (Å²) in [5.41, 5.74) is 0.175. The minimum absolute atomic E-state index is 0.0773. The Bertz CT molecular complexity index is 342. The van der Waals surface area contributed by atoms with Gasteiger partial charge in [0.25, 0.3) is 0 Å². The molecule has 0 aliphatic carbocycles. The van der Waals surface area contributed by atoms with E-state index >= 15 is 0 Å². The number of halogens is 2. The van der Waals surface area contributed by atoms with Gasteiger partial charge in [-0.1, -0.05) is 6.07 Å². The Morgan fingerprint density at radius 3 is 2.33 bits per heavy atom. The van der Waals surface area contributed by atoms with Crippen LogP contribution in [0.2, 0.25) is 0 Å². The van der Waals surface area contributed by atoms with Crippen LogP contribution >= 0.6 is 0 Å². The van der Waals surface area contributed by atoms with Gasteiger partial charge in [0.05, 0.1) is 0 Å². The third-order valence-electron chi connectivity index (χ3n) is 2.07. The van der Waals surface area contributed by atoms with E-state index in [0.717, 1.165) is 12.1 Å². The molecule has 15 heavy (non-hydrogen) atoms. The van der Waals surface area contributed by atoms with Gasteiger partial charge in [-0.2, -0.15) is 0 Å². The van der Waals surface area contributed by atoms with E-state index in [-0.39, 0.29) is 11.6 Å². The molecule has 0 aliphatic rings. The SMILES string of the molecule is CO[Si](O)(Cc1ccc(F)cc1F)OC. The number of hydrogen-bond donors (Lipinski definition) is 1. The van der Waals surface area contributed by atoms with Gasteiger partial charge in [-0.15, -0.1) is 0 Å². The Kier molecular flexibility index (Phi) is 3.92. The molecular weight excluding hydrogens is 222 g/mol. The molecular formula is C9H12F2O3Si. The number of rotatable bonds is 4. The summed E-state index contributed by atoms with van der Waals surface area (Å²) in [5, 5.41) is 0. The molecule has 6 heteroatoms. The van der Waals surface area contributed by atoms with Crippen LogP contribution in [0.3, 0.4) is 0 Å². The van der Waals surface area contributed by atoms with Crippen LogP contribution in [0.1, 0.15) is 5.56 Å². The van der Waals surface area contributed by atoms with Crippen molar-refractivity contribution in [3.05, 3.63) is 35.4 Å². The fourth-order valence-electron chi connectivity index (χ4n) is 1.13. The van der Waals surface area contributed by atoms with Crippen LogP contribution in [0.4, 0.5) is 8.78 Å². The second-order valence-electron chi connectivity index (χ2n) is 3.03. The van der Waals surface area contributed by atoms with E-state index in [2.05, 4.69) is 0 Å². The van der Waals surface area contributed by atoms with Crippen LogP contribution in [-0.2, 0) is 14.9 Å². The maximum Gasteiger partial charge on any atom is 0.502 e. The monoisotopic (exact) mass is 234 g/mol. The largest absolute Gasteiger partial charge is 0.502 e. The molecule has 0 saturated carbocycles. The fourth-order valence-corrected chi connectivity index (χ4v) is 2.36. The van der Waals surface area contributed by atoms with Crippen molar-refractivity contribution < 1.29 is 22.4 Å². The van der Waals surface area contributed by atoms with Crippen LogP contribution in [0.15, 0.2) is 18.2 Å². The second-order valence-corrected chi connectivity index (χ2v) is 5.63. The number of benzene rings is 1. The van der Waals surface area contributed by atoms with Gasteiger partial charge in [0.15, 0.2) is 0 Å². The van der Waals surface area contributed by atoms with Gasteiger partial charge in [-0.25, -0.2) is 8.78 Å². The lowest BCUT2D eigenvalue weighted by atomic mass is 10.2. The molecule has 0 heterocycles. The average molecular weight is 234 g/mol. The van der Waals surface area contributed by atoms with Crippen molar-refractivity contribution >= 4 is 8.80 Å². The van der Waals surface area contributed by atoms with Crippen molar-refractivity contribution in [2.75, 3.05) is 14.2 Å².